The van der Waals surface area contributed by atoms with Gasteiger partial charge < -0.3 is 15.7 Å². The maximum atomic E-state index is 16.3. The van der Waals surface area contributed by atoms with Crippen molar-refractivity contribution in [3.05, 3.63) is 269 Å². The molecular formula is C64H53N3O5Pd2S. The zero-order valence-corrected chi connectivity index (χ0v) is 44.6. The van der Waals surface area contributed by atoms with E-state index in [-0.39, 0.29) is 77.1 Å². The van der Waals surface area contributed by atoms with Crippen LogP contribution in [0.5, 0.6) is 0 Å². The maximum absolute atomic E-state index is 16.3. The Labute approximate surface area is 470 Å². The van der Waals surface area contributed by atoms with Gasteiger partial charge in [0, 0.05) is 87.0 Å². The van der Waals surface area contributed by atoms with Gasteiger partial charge in [-0.15, -0.1) is 11.8 Å². The molecule has 0 saturated carbocycles. The summed E-state index contributed by atoms with van der Waals surface area (Å²) in [5.41, 5.74) is 7.62. The first-order valence-electron chi connectivity index (χ1n) is 24.1. The number of nitrogens with two attached hydrogens (primary N) is 1. The fraction of sp³-hybridized carbons (Fsp3) is 0.0938. The molecule has 0 aliphatic carbocycles. The van der Waals surface area contributed by atoms with Crippen LogP contribution < -0.4 is 10.6 Å². The maximum Gasteiger partial charge on any atom is 0.408 e. The van der Waals surface area contributed by atoms with Crippen LogP contribution in [0.15, 0.2) is 240 Å². The third-order valence-electron chi connectivity index (χ3n) is 13.3. The van der Waals surface area contributed by atoms with Crippen molar-refractivity contribution in [2.24, 2.45) is 0 Å². The summed E-state index contributed by atoms with van der Waals surface area (Å²) in [6.45, 7) is 0.0760. The molecule has 2 aliphatic heterocycles. The predicted octanol–water partition coefficient (Wildman–Crippen LogP) is 13.1. The molecule has 2 heterocycles. The Morgan fingerprint density at radius 3 is 1.23 bits per heavy atom. The number of fused-ring (bicyclic) bond motifs is 1. The van der Waals surface area contributed by atoms with Gasteiger partial charge in [-0.1, -0.05) is 200 Å². The second-order valence-electron chi connectivity index (χ2n) is 17.7. The molecule has 11 heteroatoms. The third kappa shape index (κ3) is 12.1. The van der Waals surface area contributed by atoms with Crippen molar-refractivity contribution in [1.82, 2.24) is 4.90 Å². The fourth-order valence-corrected chi connectivity index (χ4v) is 11.2. The number of carbonyl (C=O) groups excluding carboxylic acids is 3. The summed E-state index contributed by atoms with van der Waals surface area (Å²) in [5, 5.41) is 12.1. The van der Waals surface area contributed by atoms with Crippen LogP contribution in [-0.4, -0.2) is 63.4 Å². The van der Waals surface area contributed by atoms with Crippen molar-refractivity contribution in [1.29, 1.82) is 0 Å². The predicted molar refractivity (Wildman–Crippen MR) is 298 cm³/mol. The van der Waals surface area contributed by atoms with E-state index in [4.69, 9.17) is 5.73 Å². The molecule has 1 atom stereocenters. The molecule has 1 saturated heterocycles. The molecule has 7 aromatic rings. The summed E-state index contributed by atoms with van der Waals surface area (Å²) < 4.78 is 0. The van der Waals surface area contributed by atoms with Gasteiger partial charge in [-0.25, -0.2) is 4.79 Å². The van der Waals surface area contributed by atoms with E-state index < -0.39 is 34.5 Å². The summed E-state index contributed by atoms with van der Waals surface area (Å²) in [5.74, 6) is -1.09. The minimum absolute atomic E-state index is 0. The molecule has 75 heavy (non-hydrogen) atoms. The van der Waals surface area contributed by atoms with Crippen LogP contribution >= 0.6 is 11.8 Å². The van der Waals surface area contributed by atoms with Crippen LogP contribution in [0, 0.1) is 0 Å². The SMILES string of the molecule is Nc1ccc2c(c1)SCCN2C1(C(=Cc2ccccc2)C(=O)C=Cc2ccccc2)CCN(C(=O)O)C1(C(=Cc1ccccc1)C(=O)C=Cc1ccccc1)C(=Cc1ccccc1)C(=O)C=Cc1ccccc1.[Pd].[Pd]. The van der Waals surface area contributed by atoms with E-state index in [1.807, 2.05) is 200 Å². The summed E-state index contributed by atoms with van der Waals surface area (Å²) >= 11 is 1.59. The van der Waals surface area contributed by atoms with Crippen molar-refractivity contribution in [2.75, 3.05) is 29.5 Å². The first-order valence-corrected chi connectivity index (χ1v) is 25.1. The summed E-state index contributed by atoms with van der Waals surface area (Å²) in [7, 11) is 0. The number of nitrogens with zero attached hydrogens (tertiary/aromatic N) is 2. The van der Waals surface area contributed by atoms with Gasteiger partial charge in [0.15, 0.2) is 17.3 Å². The number of anilines is 2. The van der Waals surface area contributed by atoms with E-state index in [2.05, 4.69) is 4.90 Å². The van der Waals surface area contributed by atoms with E-state index in [1.54, 1.807) is 48.2 Å². The molecule has 0 spiro atoms. The van der Waals surface area contributed by atoms with Crippen LogP contribution in [-0.2, 0) is 55.2 Å². The Balaban J connectivity index is 0.00000410. The Morgan fingerprint density at radius 2 is 0.840 bits per heavy atom. The number of carbonyl (C=O) groups is 4. The second kappa shape index (κ2) is 25.7. The number of hydrogen-bond acceptors (Lipinski definition) is 7. The van der Waals surface area contributed by atoms with Gasteiger partial charge in [0.2, 0.25) is 0 Å². The van der Waals surface area contributed by atoms with Crippen molar-refractivity contribution in [3.8, 4) is 0 Å². The molecular weight excluding hydrogens is 1140 g/mol. The first kappa shape index (κ1) is 55.3. The van der Waals surface area contributed by atoms with Crippen LogP contribution in [0.3, 0.4) is 0 Å². The van der Waals surface area contributed by atoms with Crippen LogP contribution in [0.1, 0.15) is 39.8 Å². The summed E-state index contributed by atoms with van der Waals surface area (Å²) in [6.07, 6.45) is 13.3. The average molecular weight is 1190 g/mol. The number of allylic oxidation sites excluding steroid dienone is 3. The average Bonchev–Trinajstić information content (AvgIpc) is 3.91. The van der Waals surface area contributed by atoms with Gasteiger partial charge in [0.25, 0.3) is 0 Å². The van der Waals surface area contributed by atoms with Crippen LogP contribution in [0.4, 0.5) is 16.2 Å². The van der Waals surface area contributed by atoms with Crippen LogP contribution in [0.2, 0.25) is 0 Å². The van der Waals surface area contributed by atoms with E-state index >= 15 is 14.4 Å². The number of ketones is 3. The molecule has 0 radical (unpaired) electrons. The fourth-order valence-electron chi connectivity index (χ4n) is 10.1. The van der Waals surface area contributed by atoms with Gasteiger partial charge >= 0.3 is 6.09 Å². The van der Waals surface area contributed by atoms with Gasteiger partial charge in [-0.3, -0.25) is 19.3 Å². The molecule has 1 fully saturated rings. The minimum atomic E-state index is -2.32. The smallest absolute Gasteiger partial charge is 0.408 e. The number of benzene rings is 7. The van der Waals surface area contributed by atoms with E-state index in [9.17, 15) is 9.90 Å². The van der Waals surface area contributed by atoms with Crippen molar-refractivity contribution in [3.63, 3.8) is 0 Å². The Morgan fingerprint density at radius 1 is 0.480 bits per heavy atom. The molecule has 1 unspecified atom stereocenters. The number of rotatable bonds is 16. The largest absolute Gasteiger partial charge is 0.465 e. The number of hydrogen-bond donors (Lipinski definition) is 2. The Bertz CT molecular complexity index is 3200. The standard InChI is InChI=1S/C64H53N3O5S.2Pd/c65-53-34-35-57-61(46-53)73-42-41-66(57)63(54(43-50-25-13-4-14-26-50)58(68)36-31-47-19-7-1-8-20-47)39-40-67(62(71)72)64(63,55(44-51-27-15-5-16-28-51)59(69)37-32-48-21-9-2-10-22-48)56(45-52-29-17-6-18-30-52)60(70)38-33-49-23-11-3-12-24-49;;/h1-38,43-46H,39-42,65H2,(H,71,72);;. The number of carboxylic acid groups (broad SMARTS) is 1. The van der Waals surface area contributed by atoms with Crippen molar-refractivity contribution in [2.45, 2.75) is 22.4 Å². The monoisotopic (exact) mass is 1190 g/mol. The van der Waals surface area contributed by atoms with Gasteiger partial charge in [-0.2, -0.15) is 0 Å². The molecule has 1 amide bonds. The molecule has 9 rings (SSSR count). The summed E-state index contributed by atoms with van der Waals surface area (Å²) in [4.78, 5) is 67.8. The van der Waals surface area contributed by atoms with Gasteiger partial charge in [0.1, 0.15) is 11.1 Å². The van der Waals surface area contributed by atoms with E-state index in [0.717, 1.165) is 21.6 Å². The molecule has 0 aromatic heterocycles. The minimum Gasteiger partial charge on any atom is -0.465 e. The third-order valence-corrected chi connectivity index (χ3v) is 14.3. The molecule has 380 valence electrons. The van der Waals surface area contributed by atoms with E-state index in [1.165, 1.54) is 23.1 Å². The number of likely N-dealkylation sites (tertiary alicyclic amines) is 1. The van der Waals surface area contributed by atoms with Gasteiger partial charge in [-0.05, 0) is 94.5 Å². The van der Waals surface area contributed by atoms with Crippen molar-refractivity contribution >= 4 is 83.0 Å². The zero-order chi connectivity index (χ0) is 50.6. The normalized spacial score (nSPS) is 17.8. The molecule has 0 bridgehead atoms. The number of thioether (sulfide) groups is 1. The second-order valence-corrected chi connectivity index (χ2v) is 18.8. The van der Waals surface area contributed by atoms with Crippen molar-refractivity contribution < 1.29 is 65.1 Å². The Hall–Kier alpha value is -7.47. The van der Waals surface area contributed by atoms with E-state index in [0.29, 0.717) is 33.8 Å². The topological polar surface area (TPSA) is 121 Å². The molecule has 8 nitrogen and oxygen atoms in total. The molecule has 2 aliphatic rings. The number of nitrogen functional groups attached to an aromatic ring is 1. The quantitative estimate of drug-likeness (QED) is 0.0558. The summed E-state index contributed by atoms with van der Waals surface area (Å²) in [6, 6.07) is 61.6. The molecule has 7 aromatic carbocycles. The van der Waals surface area contributed by atoms with Crippen LogP contribution in [0.25, 0.3) is 36.5 Å². The Kier molecular flexibility index (Phi) is 18.9. The first-order chi connectivity index (χ1) is 35.7. The van der Waals surface area contributed by atoms with Gasteiger partial charge in [0.05, 0.1) is 5.69 Å². The number of amides is 1. The molecule has 3 N–H and O–H groups in total. The zero-order valence-electron chi connectivity index (χ0n) is 40.7.